The molecule has 1 aliphatic rings. The van der Waals surface area contributed by atoms with E-state index in [4.69, 9.17) is 4.74 Å². The van der Waals surface area contributed by atoms with Crippen LogP contribution < -0.4 is 15.7 Å². The largest absolute Gasteiger partial charge is 0.472 e. The minimum absolute atomic E-state index is 0.00742. The van der Waals surface area contributed by atoms with E-state index in [2.05, 4.69) is 10.3 Å². The van der Waals surface area contributed by atoms with Gasteiger partial charge in [0.2, 0.25) is 5.88 Å². The summed E-state index contributed by atoms with van der Waals surface area (Å²) < 4.78 is 46.3. The molecule has 1 atom stereocenters. The highest BCUT2D eigenvalue weighted by atomic mass is 19.2. The van der Waals surface area contributed by atoms with E-state index in [0.29, 0.717) is 18.4 Å². The smallest absolute Gasteiger partial charge is 0.352 e. The van der Waals surface area contributed by atoms with Crippen LogP contribution in [0.15, 0.2) is 23.0 Å². The summed E-state index contributed by atoms with van der Waals surface area (Å²) in [6.07, 6.45) is 0.800. The quantitative estimate of drug-likeness (QED) is 0.881. The molecule has 1 aliphatic heterocycles. The molecule has 0 fully saturated rings. The molecule has 0 spiro atoms. The monoisotopic (exact) mass is 325 g/mol. The zero-order chi connectivity index (χ0) is 16.6. The third kappa shape index (κ3) is 3.15. The van der Waals surface area contributed by atoms with Gasteiger partial charge in [-0.2, -0.15) is 4.98 Å². The van der Waals surface area contributed by atoms with Gasteiger partial charge >= 0.3 is 5.69 Å². The van der Waals surface area contributed by atoms with Crippen molar-refractivity contribution in [2.24, 2.45) is 0 Å². The predicted molar refractivity (Wildman–Crippen MR) is 76.8 cm³/mol. The molecule has 1 aromatic heterocycles. The number of rotatable bonds is 3. The third-order valence-corrected chi connectivity index (χ3v) is 3.63. The number of halogens is 3. The molecule has 0 radical (unpaired) electrons. The van der Waals surface area contributed by atoms with Crippen LogP contribution in [0.3, 0.4) is 0 Å². The van der Waals surface area contributed by atoms with Crippen LogP contribution in [0.1, 0.15) is 18.9 Å². The van der Waals surface area contributed by atoms with Crippen molar-refractivity contribution in [3.8, 4) is 5.88 Å². The topological polar surface area (TPSA) is 56.2 Å². The van der Waals surface area contributed by atoms with Crippen LogP contribution in [-0.4, -0.2) is 15.6 Å². The van der Waals surface area contributed by atoms with Crippen LogP contribution in [0, 0.1) is 17.5 Å². The first-order valence-corrected chi connectivity index (χ1v) is 7.08. The van der Waals surface area contributed by atoms with Gasteiger partial charge in [0, 0.05) is 30.3 Å². The summed E-state index contributed by atoms with van der Waals surface area (Å²) in [5, 5.41) is 3.13. The Bertz CT molecular complexity index is 807. The highest BCUT2D eigenvalue weighted by molar-refractivity contribution is 5.41. The number of aromatic nitrogens is 2. The van der Waals surface area contributed by atoms with Gasteiger partial charge < -0.3 is 10.1 Å². The molecular weight excluding hydrogens is 311 g/mol. The fourth-order valence-electron chi connectivity index (χ4n) is 2.37. The first-order chi connectivity index (χ1) is 10.9. The van der Waals surface area contributed by atoms with Crippen LogP contribution in [-0.2, 0) is 13.2 Å². The zero-order valence-corrected chi connectivity index (χ0v) is 12.3. The van der Waals surface area contributed by atoms with Gasteiger partial charge in [-0.1, -0.05) is 0 Å². The lowest BCUT2D eigenvalue weighted by Crippen LogP contribution is -2.34. The number of nitrogens with zero attached hydrogens (tertiary/aromatic N) is 2. The summed E-state index contributed by atoms with van der Waals surface area (Å²) >= 11 is 0. The van der Waals surface area contributed by atoms with Gasteiger partial charge in [0.15, 0.2) is 11.6 Å². The summed E-state index contributed by atoms with van der Waals surface area (Å²) in [5.74, 6) is -2.81. The van der Waals surface area contributed by atoms with Crippen molar-refractivity contribution in [3.05, 3.63) is 51.7 Å². The van der Waals surface area contributed by atoms with Gasteiger partial charge in [-0.3, -0.25) is 4.57 Å². The molecule has 2 heterocycles. The first kappa shape index (κ1) is 15.4. The number of ether oxygens (including phenoxy) is 1. The van der Waals surface area contributed by atoms with Gasteiger partial charge in [-0.15, -0.1) is 0 Å². The number of hydrogen-bond acceptors (Lipinski definition) is 4. The standard InChI is InChI=1S/C15H14F3N3O2/c1-8-2-3-21-13(19-8)6-14(20-15(21)22)23-7-9-4-11(17)12(18)5-10(9)16/h4-6,8,19H,2-3,7H2,1H3. The van der Waals surface area contributed by atoms with E-state index in [1.807, 2.05) is 6.92 Å². The normalized spacial score (nSPS) is 16.6. The highest BCUT2D eigenvalue weighted by Crippen LogP contribution is 2.20. The molecule has 3 rings (SSSR count). The maximum atomic E-state index is 13.6. The van der Waals surface area contributed by atoms with Crippen molar-refractivity contribution >= 4 is 5.82 Å². The molecule has 1 aromatic carbocycles. The van der Waals surface area contributed by atoms with E-state index in [1.54, 1.807) is 0 Å². The molecule has 0 bridgehead atoms. The Morgan fingerprint density at radius 1 is 1.26 bits per heavy atom. The van der Waals surface area contributed by atoms with Crippen LogP contribution in [0.2, 0.25) is 0 Å². The first-order valence-electron chi connectivity index (χ1n) is 7.08. The van der Waals surface area contributed by atoms with Crippen molar-refractivity contribution in [2.45, 2.75) is 32.5 Å². The number of benzene rings is 1. The summed E-state index contributed by atoms with van der Waals surface area (Å²) in [7, 11) is 0. The molecule has 122 valence electrons. The summed E-state index contributed by atoms with van der Waals surface area (Å²) in [4.78, 5) is 15.7. The Kier molecular flexibility index (Phi) is 3.97. The maximum absolute atomic E-state index is 13.6. The van der Waals surface area contributed by atoms with Gasteiger partial charge in [0.05, 0.1) is 0 Å². The van der Waals surface area contributed by atoms with Crippen molar-refractivity contribution in [1.82, 2.24) is 9.55 Å². The zero-order valence-electron chi connectivity index (χ0n) is 12.3. The lowest BCUT2D eigenvalue weighted by Gasteiger charge is -2.25. The molecule has 8 heteroatoms. The summed E-state index contributed by atoms with van der Waals surface area (Å²) in [5.41, 5.74) is -0.646. The van der Waals surface area contributed by atoms with Gasteiger partial charge in [-0.05, 0) is 19.4 Å². The Labute approximate surface area is 129 Å². The van der Waals surface area contributed by atoms with Gasteiger partial charge in [-0.25, -0.2) is 18.0 Å². The fraction of sp³-hybridized carbons (Fsp3) is 0.333. The Morgan fingerprint density at radius 2 is 2.00 bits per heavy atom. The molecule has 5 nitrogen and oxygen atoms in total. The third-order valence-electron chi connectivity index (χ3n) is 3.63. The van der Waals surface area contributed by atoms with Crippen molar-refractivity contribution in [2.75, 3.05) is 5.32 Å². The molecule has 0 saturated carbocycles. The summed E-state index contributed by atoms with van der Waals surface area (Å²) in [6, 6.07) is 2.89. The maximum Gasteiger partial charge on any atom is 0.352 e. The Hall–Kier alpha value is -2.51. The highest BCUT2D eigenvalue weighted by Gasteiger charge is 2.17. The second kappa shape index (κ2) is 5.94. The molecule has 2 aromatic rings. The lowest BCUT2D eigenvalue weighted by molar-refractivity contribution is 0.283. The van der Waals surface area contributed by atoms with Crippen LogP contribution in [0.4, 0.5) is 19.0 Å². The number of anilines is 1. The van der Waals surface area contributed by atoms with Crippen LogP contribution in [0.5, 0.6) is 5.88 Å². The van der Waals surface area contributed by atoms with E-state index in [-0.39, 0.29) is 24.1 Å². The summed E-state index contributed by atoms with van der Waals surface area (Å²) in [6.45, 7) is 2.16. The molecule has 1 unspecified atom stereocenters. The van der Waals surface area contributed by atoms with E-state index in [9.17, 15) is 18.0 Å². The fourth-order valence-corrected chi connectivity index (χ4v) is 2.37. The molecule has 0 saturated heterocycles. The van der Waals surface area contributed by atoms with E-state index >= 15 is 0 Å². The second-order valence-corrected chi connectivity index (χ2v) is 5.39. The second-order valence-electron chi connectivity index (χ2n) is 5.39. The van der Waals surface area contributed by atoms with Crippen LogP contribution >= 0.6 is 0 Å². The number of nitrogens with one attached hydrogen (secondary N) is 1. The Morgan fingerprint density at radius 3 is 2.78 bits per heavy atom. The minimum Gasteiger partial charge on any atom is -0.472 e. The molecule has 0 amide bonds. The Balaban J connectivity index is 1.82. The SMILES string of the molecule is CC1CCn2c(cc(OCc3cc(F)c(F)cc3F)nc2=O)N1. The predicted octanol–water partition coefficient (Wildman–Crippen LogP) is 2.44. The lowest BCUT2D eigenvalue weighted by atomic mass is 10.2. The van der Waals surface area contributed by atoms with E-state index in [0.717, 1.165) is 12.5 Å². The average Bonchev–Trinajstić information content (AvgIpc) is 2.49. The van der Waals surface area contributed by atoms with Crippen molar-refractivity contribution in [3.63, 3.8) is 0 Å². The van der Waals surface area contributed by atoms with Gasteiger partial charge in [0.1, 0.15) is 18.2 Å². The molecule has 1 N–H and O–H groups in total. The molecule has 23 heavy (non-hydrogen) atoms. The number of fused-ring (bicyclic) bond motifs is 1. The van der Waals surface area contributed by atoms with E-state index < -0.39 is 23.1 Å². The number of hydrogen-bond donors (Lipinski definition) is 1. The average molecular weight is 325 g/mol. The van der Waals surface area contributed by atoms with Crippen molar-refractivity contribution < 1.29 is 17.9 Å². The van der Waals surface area contributed by atoms with Crippen molar-refractivity contribution in [1.29, 1.82) is 0 Å². The van der Waals surface area contributed by atoms with Crippen LogP contribution in [0.25, 0.3) is 0 Å². The minimum atomic E-state index is -1.27. The molecule has 0 aliphatic carbocycles. The van der Waals surface area contributed by atoms with E-state index in [1.165, 1.54) is 10.6 Å². The molecular formula is C15H14F3N3O2. The van der Waals surface area contributed by atoms with Gasteiger partial charge in [0.25, 0.3) is 0 Å².